The summed E-state index contributed by atoms with van der Waals surface area (Å²) in [5.41, 5.74) is 0.197. The van der Waals surface area contributed by atoms with Crippen LogP contribution in [0.1, 0.15) is 16.1 Å². The first-order chi connectivity index (χ1) is 12.0. The predicted octanol–water partition coefficient (Wildman–Crippen LogP) is 2.25. The normalized spacial score (nSPS) is 10.6. The summed E-state index contributed by atoms with van der Waals surface area (Å²) >= 11 is 3.23. The van der Waals surface area contributed by atoms with Gasteiger partial charge < -0.3 is 15.7 Å². The van der Waals surface area contributed by atoms with E-state index in [0.29, 0.717) is 4.47 Å². The Labute approximate surface area is 151 Å². The zero-order chi connectivity index (χ0) is 18.2. The van der Waals surface area contributed by atoms with E-state index >= 15 is 0 Å². The molecule has 0 aliphatic carbocycles. The summed E-state index contributed by atoms with van der Waals surface area (Å²) < 4.78 is 14.2. The highest BCUT2D eigenvalue weighted by molar-refractivity contribution is 9.10. The molecule has 0 saturated heterocycles. The Hall–Kier alpha value is -2.74. The fourth-order valence-electron chi connectivity index (χ4n) is 1.88. The Kier molecular flexibility index (Phi) is 6.64. The van der Waals surface area contributed by atoms with E-state index in [4.69, 9.17) is 0 Å². The minimum absolute atomic E-state index is 0.0844. The standard InChI is InChI=1S/C17H15BrFN3O3/c18-12-4-5-13(19)11(10-12)3-6-15(24)20-8-9-22-17(25)16-14(23)2-1-7-21-16/h1-7,10,23H,8-9H2,(H,20,24)(H,22,25). The van der Waals surface area contributed by atoms with E-state index in [0.717, 1.165) is 0 Å². The van der Waals surface area contributed by atoms with E-state index in [-0.39, 0.29) is 30.1 Å². The van der Waals surface area contributed by atoms with Crippen molar-refractivity contribution < 1.29 is 19.1 Å². The van der Waals surface area contributed by atoms with Crippen LogP contribution in [0.3, 0.4) is 0 Å². The van der Waals surface area contributed by atoms with Crippen LogP contribution in [0, 0.1) is 5.82 Å². The van der Waals surface area contributed by atoms with Crippen LogP contribution in [0.2, 0.25) is 0 Å². The third kappa shape index (κ3) is 5.68. The third-order valence-corrected chi connectivity index (χ3v) is 3.58. The number of carbonyl (C=O) groups excluding carboxylic acids is 2. The summed E-state index contributed by atoms with van der Waals surface area (Å²) in [6.45, 7) is 0.323. The SMILES string of the molecule is O=C(C=Cc1cc(Br)ccc1F)NCCNC(=O)c1ncccc1O. The number of benzene rings is 1. The highest BCUT2D eigenvalue weighted by atomic mass is 79.9. The summed E-state index contributed by atoms with van der Waals surface area (Å²) in [6, 6.07) is 7.28. The molecule has 0 atom stereocenters. The highest BCUT2D eigenvalue weighted by Crippen LogP contribution is 2.16. The van der Waals surface area contributed by atoms with Gasteiger partial charge in [-0.15, -0.1) is 0 Å². The van der Waals surface area contributed by atoms with Gasteiger partial charge >= 0.3 is 0 Å². The van der Waals surface area contributed by atoms with Crippen molar-refractivity contribution in [3.8, 4) is 5.75 Å². The Morgan fingerprint density at radius 3 is 2.76 bits per heavy atom. The molecule has 25 heavy (non-hydrogen) atoms. The van der Waals surface area contributed by atoms with Gasteiger partial charge in [-0.1, -0.05) is 15.9 Å². The number of halogens is 2. The van der Waals surface area contributed by atoms with E-state index in [1.807, 2.05) is 0 Å². The molecule has 1 aromatic heterocycles. The number of aromatic nitrogens is 1. The topological polar surface area (TPSA) is 91.3 Å². The quantitative estimate of drug-likeness (QED) is 0.505. The smallest absolute Gasteiger partial charge is 0.273 e. The molecule has 2 rings (SSSR count). The molecule has 0 radical (unpaired) electrons. The van der Waals surface area contributed by atoms with E-state index in [1.54, 1.807) is 12.1 Å². The van der Waals surface area contributed by atoms with E-state index in [2.05, 4.69) is 31.5 Å². The summed E-state index contributed by atoms with van der Waals surface area (Å²) in [6.07, 6.45) is 3.96. The Morgan fingerprint density at radius 2 is 2.00 bits per heavy atom. The van der Waals surface area contributed by atoms with Crippen molar-refractivity contribution in [2.45, 2.75) is 0 Å². The van der Waals surface area contributed by atoms with Crippen LogP contribution >= 0.6 is 15.9 Å². The zero-order valence-electron chi connectivity index (χ0n) is 13.0. The molecular formula is C17H15BrFN3O3. The number of pyridine rings is 1. The van der Waals surface area contributed by atoms with Crippen LogP contribution in [0.15, 0.2) is 47.1 Å². The molecule has 2 aromatic rings. The van der Waals surface area contributed by atoms with Crippen LogP contribution in [0.4, 0.5) is 4.39 Å². The predicted molar refractivity (Wildman–Crippen MR) is 94.4 cm³/mol. The highest BCUT2D eigenvalue weighted by Gasteiger charge is 2.11. The largest absolute Gasteiger partial charge is 0.505 e. The van der Waals surface area contributed by atoms with Gasteiger partial charge in [0, 0.05) is 35.4 Å². The van der Waals surface area contributed by atoms with Crippen molar-refractivity contribution in [3.05, 3.63) is 64.2 Å². The van der Waals surface area contributed by atoms with Crippen LogP contribution in [0.25, 0.3) is 6.08 Å². The van der Waals surface area contributed by atoms with Crippen LogP contribution in [0.5, 0.6) is 5.75 Å². The molecule has 0 aliphatic heterocycles. The zero-order valence-corrected chi connectivity index (χ0v) is 14.6. The Morgan fingerprint density at radius 1 is 1.24 bits per heavy atom. The maximum Gasteiger partial charge on any atom is 0.273 e. The first-order valence-electron chi connectivity index (χ1n) is 7.30. The van der Waals surface area contributed by atoms with Gasteiger partial charge in [0.05, 0.1) is 0 Å². The third-order valence-electron chi connectivity index (χ3n) is 3.08. The summed E-state index contributed by atoms with van der Waals surface area (Å²) in [5.74, 6) is -1.62. The van der Waals surface area contributed by atoms with Gasteiger partial charge in [0.1, 0.15) is 11.6 Å². The molecule has 1 heterocycles. The molecule has 0 unspecified atom stereocenters. The first-order valence-corrected chi connectivity index (χ1v) is 8.10. The minimum Gasteiger partial charge on any atom is -0.505 e. The average Bonchev–Trinajstić information content (AvgIpc) is 2.59. The fourth-order valence-corrected chi connectivity index (χ4v) is 2.26. The molecule has 6 nitrogen and oxygen atoms in total. The van der Waals surface area contributed by atoms with Crippen LogP contribution < -0.4 is 10.6 Å². The summed E-state index contributed by atoms with van der Waals surface area (Å²) in [4.78, 5) is 27.2. The number of amides is 2. The average molecular weight is 408 g/mol. The monoisotopic (exact) mass is 407 g/mol. The first kappa shape index (κ1) is 18.6. The summed E-state index contributed by atoms with van der Waals surface area (Å²) in [7, 11) is 0. The van der Waals surface area contributed by atoms with Gasteiger partial charge in [-0.2, -0.15) is 0 Å². The molecule has 0 bridgehead atoms. The van der Waals surface area contributed by atoms with Gasteiger partial charge in [-0.05, 0) is 36.4 Å². The number of aromatic hydroxyl groups is 1. The van der Waals surface area contributed by atoms with Crippen molar-refractivity contribution in [2.24, 2.45) is 0 Å². The van der Waals surface area contributed by atoms with Gasteiger partial charge in [-0.25, -0.2) is 9.37 Å². The van der Waals surface area contributed by atoms with Gasteiger partial charge in [0.15, 0.2) is 5.69 Å². The number of rotatable bonds is 6. The van der Waals surface area contributed by atoms with Gasteiger partial charge in [0.25, 0.3) is 5.91 Å². The van der Waals surface area contributed by atoms with E-state index in [1.165, 1.54) is 36.5 Å². The molecule has 1 aromatic carbocycles. The fraction of sp³-hybridized carbons (Fsp3) is 0.118. The minimum atomic E-state index is -0.543. The second-order valence-electron chi connectivity index (χ2n) is 4.92. The lowest BCUT2D eigenvalue weighted by atomic mass is 10.2. The Bertz CT molecular complexity index is 811. The number of nitrogens with zero attached hydrogens (tertiary/aromatic N) is 1. The number of nitrogens with one attached hydrogen (secondary N) is 2. The maximum atomic E-state index is 13.5. The number of hydrogen-bond donors (Lipinski definition) is 3. The van der Waals surface area contributed by atoms with Gasteiger partial charge in [0.2, 0.25) is 5.91 Å². The maximum absolute atomic E-state index is 13.5. The molecule has 130 valence electrons. The van der Waals surface area contributed by atoms with E-state index in [9.17, 15) is 19.1 Å². The van der Waals surface area contributed by atoms with Crippen LogP contribution in [-0.4, -0.2) is 35.0 Å². The second-order valence-corrected chi connectivity index (χ2v) is 5.83. The number of carbonyl (C=O) groups is 2. The van der Waals surface area contributed by atoms with Crippen molar-refractivity contribution in [1.29, 1.82) is 0 Å². The Balaban J connectivity index is 1.77. The molecule has 3 N–H and O–H groups in total. The molecular weight excluding hydrogens is 393 g/mol. The van der Waals surface area contributed by atoms with Crippen molar-refractivity contribution >= 4 is 33.8 Å². The molecule has 0 saturated carbocycles. The lowest BCUT2D eigenvalue weighted by molar-refractivity contribution is -0.116. The summed E-state index contributed by atoms with van der Waals surface area (Å²) in [5, 5.41) is 14.6. The van der Waals surface area contributed by atoms with Crippen molar-refractivity contribution in [1.82, 2.24) is 15.6 Å². The molecule has 0 fully saturated rings. The van der Waals surface area contributed by atoms with Crippen LogP contribution in [-0.2, 0) is 4.79 Å². The molecule has 2 amide bonds. The molecule has 0 aliphatic rings. The molecule has 8 heteroatoms. The lowest BCUT2D eigenvalue weighted by Gasteiger charge is -2.06. The number of hydrogen-bond acceptors (Lipinski definition) is 4. The second kappa shape index (κ2) is 8.93. The van der Waals surface area contributed by atoms with Crippen molar-refractivity contribution in [3.63, 3.8) is 0 Å². The lowest BCUT2D eigenvalue weighted by Crippen LogP contribution is -2.34. The van der Waals surface area contributed by atoms with Crippen molar-refractivity contribution in [2.75, 3.05) is 13.1 Å². The molecule has 0 spiro atoms. The van der Waals surface area contributed by atoms with Gasteiger partial charge in [-0.3, -0.25) is 9.59 Å². The van der Waals surface area contributed by atoms with E-state index < -0.39 is 17.6 Å².